The van der Waals surface area contributed by atoms with Crippen molar-refractivity contribution >= 4 is 17.8 Å². The van der Waals surface area contributed by atoms with Crippen molar-refractivity contribution in [2.75, 3.05) is 6.61 Å². The predicted octanol–water partition coefficient (Wildman–Crippen LogP) is 2.82. The highest BCUT2D eigenvalue weighted by atomic mass is 19.3. The SMILES string of the molecule is CCOC(=O)/C(=C/c1ccccc1OC(F)F)C(C)=O. The van der Waals surface area contributed by atoms with Gasteiger partial charge in [0.05, 0.1) is 6.61 Å². The Morgan fingerprint density at radius 2 is 1.95 bits per heavy atom. The molecule has 0 aliphatic heterocycles. The van der Waals surface area contributed by atoms with Crippen LogP contribution < -0.4 is 4.74 Å². The Morgan fingerprint density at radius 3 is 2.50 bits per heavy atom. The molecule has 108 valence electrons. The highest BCUT2D eigenvalue weighted by molar-refractivity contribution is 6.19. The molecule has 0 radical (unpaired) electrons. The van der Waals surface area contributed by atoms with Crippen LogP contribution in [0.5, 0.6) is 5.75 Å². The third-order valence-corrected chi connectivity index (χ3v) is 2.31. The average molecular weight is 284 g/mol. The molecule has 0 atom stereocenters. The first-order chi connectivity index (χ1) is 9.45. The van der Waals surface area contributed by atoms with Gasteiger partial charge in [-0.05, 0) is 26.0 Å². The van der Waals surface area contributed by atoms with Gasteiger partial charge in [-0.3, -0.25) is 4.79 Å². The van der Waals surface area contributed by atoms with Crippen LogP contribution in [0.2, 0.25) is 0 Å². The average Bonchev–Trinajstić information content (AvgIpc) is 2.36. The lowest BCUT2D eigenvalue weighted by Crippen LogP contribution is -2.13. The second-order valence-electron chi connectivity index (χ2n) is 3.75. The molecule has 0 aliphatic rings. The van der Waals surface area contributed by atoms with Crippen molar-refractivity contribution in [3.05, 3.63) is 35.4 Å². The highest BCUT2D eigenvalue weighted by Gasteiger charge is 2.17. The Balaban J connectivity index is 3.17. The minimum absolute atomic E-state index is 0.110. The first kappa shape index (κ1) is 15.8. The molecule has 0 saturated heterocycles. The molecule has 1 aromatic carbocycles. The van der Waals surface area contributed by atoms with E-state index in [9.17, 15) is 18.4 Å². The lowest BCUT2D eigenvalue weighted by atomic mass is 10.1. The van der Waals surface area contributed by atoms with Crippen LogP contribution in [-0.2, 0) is 14.3 Å². The van der Waals surface area contributed by atoms with Gasteiger partial charge >= 0.3 is 12.6 Å². The van der Waals surface area contributed by atoms with Crippen LogP contribution in [0.25, 0.3) is 6.08 Å². The summed E-state index contributed by atoms with van der Waals surface area (Å²) in [7, 11) is 0. The number of Topliss-reactive ketones (excluding diaryl/α,β-unsaturated/α-hetero) is 1. The van der Waals surface area contributed by atoms with Gasteiger partial charge in [0, 0.05) is 5.56 Å². The number of benzene rings is 1. The molecular formula is C14H14F2O4. The first-order valence-corrected chi connectivity index (χ1v) is 5.89. The van der Waals surface area contributed by atoms with Crippen molar-refractivity contribution in [3.8, 4) is 5.75 Å². The summed E-state index contributed by atoms with van der Waals surface area (Å²) < 4.78 is 33.6. The summed E-state index contributed by atoms with van der Waals surface area (Å²) in [5.41, 5.74) is -0.0248. The van der Waals surface area contributed by atoms with Gasteiger partial charge in [-0.1, -0.05) is 18.2 Å². The van der Waals surface area contributed by atoms with E-state index >= 15 is 0 Å². The molecule has 4 nitrogen and oxygen atoms in total. The van der Waals surface area contributed by atoms with Crippen LogP contribution in [0, 0.1) is 0 Å². The topological polar surface area (TPSA) is 52.6 Å². The van der Waals surface area contributed by atoms with Crippen molar-refractivity contribution in [1.82, 2.24) is 0 Å². The van der Waals surface area contributed by atoms with Crippen LogP contribution in [0.1, 0.15) is 19.4 Å². The molecule has 6 heteroatoms. The Bertz CT molecular complexity index is 524. The molecule has 1 rings (SSSR count). The van der Waals surface area contributed by atoms with Crippen molar-refractivity contribution in [1.29, 1.82) is 0 Å². The van der Waals surface area contributed by atoms with Crippen LogP contribution in [0.4, 0.5) is 8.78 Å². The molecule has 0 N–H and O–H groups in total. The van der Waals surface area contributed by atoms with E-state index in [0.717, 1.165) is 0 Å². The summed E-state index contributed by atoms with van der Waals surface area (Å²) in [6.07, 6.45) is 1.18. The molecule has 0 spiro atoms. The van der Waals surface area contributed by atoms with Gasteiger partial charge in [0.25, 0.3) is 0 Å². The Hall–Kier alpha value is -2.24. The zero-order chi connectivity index (χ0) is 15.1. The number of para-hydroxylation sites is 1. The molecule has 20 heavy (non-hydrogen) atoms. The fourth-order valence-corrected chi connectivity index (χ4v) is 1.47. The number of hydrogen-bond acceptors (Lipinski definition) is 4. The molecular weight excluding hydrogens is 270 g/mol. The highest BCUT2D eigenvalue weighted by Crippen LogP contribution is 2.23. The van der Waals surface area contributed by atoms with E-state index in [2.05, 4.69) is 4.74 Å². The maximum absolute atomic E-state index is 12.3. The third-order valence-electron chi connectivity index (χ3n) is 2.31. The second kappa shape index (κ2) is 7.37. The molecule has 0 bridgehead atoms. The Kier molecular flexibility index (Phi) is 5.83. The van der Waals surface area contributed by atoms with E-state index in [4.69, 9.17) is 4.74 Å². The number of ketones is 1. The van der Waals surface area contributed by atoms with Crippen molar-refractivity contribution < 1.29 is 27.8 Å². The fraction of sp³-hybridized carbons (Fsp3) is 0.286. The molecule has 0 unspecified atom stereocenters. The second-order valence-corrected chi connectivity index (χ2v) is 3.75. The van der Waals surface area contributed by atoms with Crippen LogP contribution in [-0.4, -0.2) is 25.0 Å². The van der Waals surface area contributed by atoms with Gasteiger partial charge in [-0.25, -0.2) is 4.79 Å². The standard InChI is InChI=1S/C14H14F2O4/c1-3-19-13(18)11(9(2)17)8-10-6-4-5-7-12(10)20-14(15)16/h4-8,14H,3H2,1-2H3/b11-8+. The maximum atomic E-state index is 12.3. The number of alkyl halides is 2. The number of carbonyl (C=O) groups excluding carboxylic acids is 2. The van der Waals surface area contributed by atoms with Crippen LogP contribution >= 0.6 is 0 Å². The third kappa shape index (κ3) is 4.46. The van der Waals surface area contributed by atoms with Gasteiger partial charge < -0.3 is 9.47 Å². The minimum Gasteiger partial charge on any atom is -0.462 e. The van der Waals surface area contributed by atoms with Gasteiger partial charge in [-0.2, -0.15) is 8.78 Å². The van der Waals surface area contributed by atoms with Gasteiger partial charge in [-0.15, -0.1) is 0 Å². The molecule has 0 heterocycles. The van der Waals surface area contributed by atoms with Crippen molar-refractivity contribution in [3.63, 3.8) is 0 Å². The smallest absolute Gasteiger partial charge is 0.387 e. The number of carbonyl (C=O) groups is 2. The van der Waals surface area contributed by atoms with Crippen LogP contribution in [0.3, 0.4) is 0 Å². The monoisotopic (exact) mass is 284 g/mol. The van der Waals surface area contributed by atoms with E-state index in [1.807, 2.05) is 0 Å². The number of rotatable bonds is 6. The number of esters is 1. The quantitative estimate of drug-likeness (QED) is 0.349. The summed E-state index contributed by atoms with van der Waals surface area (Å²) in [4.78, 5) is 23.1. The lowest BCUT2D eigenvalue weighted by Gasteiger charge is -2.09. The fourth-order valence-electron chi connectivity index (χ4n) is 1.47. The molecule has 0 amide bonds. The predicted molar refractivity (Wildman–Crippen MR) is 68.4 cm³/mol. The largest absolute Gasteiger partial charge is 0.462 e. The Morgan fingerprint density at radius 1 is 1.30 bits per heavy atom. The van der Waals surface area contributed by atoms with E-state index in [0.29, 0.717) is 0 Å². The zero-order valence-electron chi connectivity index (χ0n) is 11.1. The number of ether oxygens (including phenoxy) is 2. The summed E-state index contributed by atoms with van der Waals surface area (Å²) >= 11 is 0. The van der Waals surface area contributed by atoms with Crippen molar-refractivity contribution in [2.24, 2.45) is 0 Å². The lowest BCUT2D eigenvalue weighted by molar-refractivity contribution is -0.139. The number of halogens is 2. The van der Waals surface area contributed by atoms with Crippen molar-refractivity contribution in [2.45, 2.75) is 20.5 Å². The zero-order valence-corrected chi connectivity index (χ0v) is 11.1. The molecule has 1 aromatic rings. The summed E-state index contributed by atoms with van der Waals surface area (Å²) in [5.74, 6) is -1.44. The van der Waals surface area contributed by atoms with Gasteiger partial charge in [0.2, 0.25) is 0 Å². The van der Waals surface area contributed by atoms with E-state index in [-0.39, 0.29) is 23.5 Å². The van der Waals surface area contributed by atoms with E-state index < -0.39 is 18.4 Å². The first-order valence-electron chi connectivity index (χ1n) is 5.89. The maximum Gasteiger partial charge on any atom is 0.387 e. The summed E-state index contributed by atoms with van der Waals surface area (Å²) in [6.45, 7) is -0.0884. The molecule has 0 fully saturated rings. The van der Waals surface area contributed by atoms with Gasteiger partial charge in [0.1, 0.15) is 11.3 Å². The van der Waals surface area contributed by atoms with Crippen LogP contribution in [0.15, 0.2) is 29.8 Å². The molecule has 0 saturated carbocycles. The molecule has 0 aromatic heterocycles. The normalized spacial score (nSPS) is 11.3. The Labute approximate surface area is 115 Å². The minimum atomic E-state index is -2.99. The van der Waals surface area contributed by atoms with Gasteiger partial charge in [0.15, 0.2) is 5.78 Å². The summed E-state index contributed by atoms with van der Waals surface area (Å²) in [6, 6.07) is 5.86. The number of hydrogen-bond donors (Lipinski definition) is 0. The van der Waals surface area contributed by atoms with E-state index in [1.54, 1.807) is 13.0 Å². The summed E-state index contributed by atoms with van der Waals surface area (Å²) in [5, 5.41) is 0. The molecule has 0 aliphatic carbocycles. The van der Waals surface area contributed by atoms with E-state index in [1.165, 1.54) is 31.2 Å².